The molecule has 6 nitrogen and oxygen atoms in total. The smallest absolute Gasteiger partial charge is 0.255 e. The molecule has 6 heteroatoms. The van der Waals surface area contributed by atoms with Gasteiger partial charge in [0.2, 0.25) is 0 Å². The van der Waals surface area contributed by atoms with E-state index in [4.69, 9.17) is 11.5 Å². The van der Waals surface area contributed by atoms with Gasteiger partial charge in [-0.2, -0.15) is 0 Å². The summed E-state index contributed by atoms with van der Waals surface area (Å²) in [6.07, 6.45) is 8.54. The van der Waals surface area contributed by atoms with E-state index in [1.54, 1.807) is 12.3 Å². The number of fused-ring (bicyclic) bond motifs is 1. The maximum absolute atomic E-state index is 13.1. The molecule has 1 unspecified atom stereocenters. The molecule has 1 saturated carbocycles. The SMILES string of the molecule is NC(N)=NCCC(C(=O)Cc1ccc2c(=O)[nH]ccc2c1)C1CCCCC1. The molecule has 0 amide bonds. The number of Topliss-reactive ketones (excluding diaryl/α,β-unsaturated/α-hetero) is 1. The summed E-state index contributed by atoms with van der Waals surface area (Å²) in [5, 5.41) is 1.50. The molecule has 1 fully saturated rings. The van der Waals surface area contributed by atoms with Crippen LogP contribution in [-0.4, -0.2) is 23.3 Å². The Morgan fingerprint density at radius 3 is 2.70 bits per heavy atom. The molecule has 27 heavy (non-hydrogen) atoms. The lowest BCUT2D eigenvalue weighted by Gasteiger charge is -2.29. The Hall–Kier alpha value is -2.63. The number of carbonyl (C=O) groups excluding carboxylic acids is 1. The summed E-state index contributed by atoms with van der Waals surface area (Å²) in [5.41, 5.74) is 11.7. The Bertz CT molecular complexity index is 877. The van der Waals surface area contributed by atoms with Crippen LogP contribution in [0.2, 0.25) is 0 Å². The topological polar surface area (TPSA) is 114 Å². The van der Waals surface area contributed by atoms with Gasteiger partial charge in [-0.15, -0.1) is 0 Å². The summed E-state index contributed by atoms with van der Waals surface area (Å²) >= 11 is 0. The van der Waals surface area contributed by atoms with E-state index in [0.717, 1.165) is 23.8 Å². The number of aliphatic imine (C=N–C) groups is 1. The van der Waals surface area contributed by atoms with Gasteiger partial charge < -0.3 is 16.5 Å². The van der Waals surface area contributed by atoms with E-state index in [0.29, 0.717) is 30.7 Å². The zero-order chi connectivity index (χ0) is 19.2. The van der Waals surface area contributed by atoms with E-state index >= 15 is 0 Å². The number of H-pyrrole nitrogens is 1. The van der Waals surface area contributed by atoms with E-state index in [1.165, 1.54) is 19.3 Å². The van der Waals surface area contributed by atoms with E-state index in [9.17, 15) is 9.59 Å². The van der Waals surface area contributed by atoms with Crippen molar-refractivity contribution >= 4 is 22.5 Å². The van der Waals surface area contributed by atoms with Gasteiger partial charge in [-0.05, 0) is 48.3 Å². The first kappa shape index (κ1) is 19.1. The number of carbonyl (C=O) groups is 1. The summed E-state index contributed by atoms with van der Waals surface area (Å²) in [6, 6.07) is 7.48. The highest BCUT2D eigenvalue weighted by atomic mass is 16.1. The van der Waals surface area contributed by atoms with Gasteiger partial charge in [0.25, 0.3) is 5.56 Å². The first-order valence-electron chi connectivity index (χ1n) is 9.73. The third kappa shape index (κ3) is 4.96. The van der Waals surface area contributed by atoms with Crippen LogP contribution in [0.5, 0.6) is 0 Å². The highest BCUT2D eigenvalue weighted by Gasteiger charge is 2.29. The average Bonchev–Trinajstić information content (AvgIpc) is 2.66. The molecule has 0 saturated heterocycles. The highest BCUT2D eigenvalue weighted by molar-refractivity contribution is 5.87. The predicted octanol–water partition coefficient (Wildman–Crippen LogP) is 2.50. The highest BCUT2D eigenvalue weighted by Crippen LogP contribution is 2.33. The Morgan fingerprint density at radius 2 is 1.96 bits per heavy atom. The van der Waals surface area contributed by atoms with Crippen LogP contribution in [0.3, 0.4) is 0 Å². The molecule has 3 rings (SSSR count). The van der Waals surface area contributed by atoms with Gasteiger partial charge >= 0.3 is 0 Å². The molecule has 1 aliphatic carbocycles. The maximum atomic E-state index is 13.1. The molecule has 1 heterocycles. The third-order valence-corrected chi connectivity index (χ3v) is 5.58. The molecule has 0 radical (unpaired) electrons. The fourth-order valence-corrected chi connectivity index (χ4v) is 4.21. The standard InChI is InChI=1S/C21H28N4O2/c22-21(23)25-11-9-17(15-4-2-1-3-5-15)19(26)13-14-6-7-18-16(12-14)8-10-24-20(18)27/h6-8,10,12,15,17H,1-5,9,11,13H2,(H,24,27)(H4,22,23,25). The van der Waals surface area contributed by atoms with Crippen LogP contribution in [-0.2, 0) is 11.2 Å². The molecule has 1 aromatic carbocycles. The van der Waals surface area contributed by atoms with Crippen molar-refractivity contribution in [1.82, 2.24) is 4.98 Å². The minimum Gasteiger partial charge on any atom is -0.370 e. The second-order valence-corrected chi connectivity index (χ2v) is 7.47. The molecule has 5 N–H and O–H groups in total. The molecular formula is C21H28N4O2. The normalized spacial score (nSPS) is 16.1. The fourth-order valence-electron chi connectivity index (χ4n) is 4.21. The van der Waals surface area contributed by atoms with Crippen molar-refractivity contribution in [2.24, 2.45) is 28.3 Å². The molecule has 2 aromatic rings. The lowest BCUT2D eigenvalue weighted by molar-refractivity contribution is -0.124. The van der Waals surface area contributed by atoms with E-state index in [2.05, 4.69) is 9.98 Å². The summed E-state index contributed by atoms with van der Waals surface area (Å²) in [7, 11) is 0. The van der Waals surface area contributed by atoms with Crippen LogP contribution >= 0.6 is 0 Å². The number of nitrogens with one attached hydrogen (secondary N) is 1. The van der Waals surface area contributed by atoms with Crippen molar-refractivity contribution in [3.63, 3.8) is 0 Å². The number of ketones is 1. The van der Waals surface area contributed by atoms with Crippen LogP contribution in [0, 0.1) is 11.8 Å². The summed E-state index contributed by atoms with van der Waals surface area (Å²) in [5.74, 6) is 0.730. The number of hydrogen-bond donors (Lipinski definition) is 3. The monoisotopic (exact) mass is 368 g/mol. The number of aromatic nitrogens is 1. The van der Waals surface area contributed by atoms with Crippen molar-refractivity contribution in [1.29, 1.82) is 0 Å². The second kappa shape index (κ2) is 8.84. The van der Waals surface area contributed by atoms with Gasteiger partial charge in [0.15, 0.2) is 5.96 Å². The van der Waals surface area contributed by atoms with Crippen molar-refractivity contribution in [3.05, 3.63) is 46.4 Å². The van der Waals surface area contributed by atoms with Gasteiger partial charge in [-0.3, -0.25) is 14.6 Å². The van der Waals surface area contributed by atoms with Crippen molar-refractivity contribution in [2.45, 2.75) is 44.9 Å². The molecule has 1 aromatic heterocycles. The second-order valence-electron chi connectivity index (χ2n) is 7.47. The molecule has 0 aliphatic heterocycles. The molecule has 1 aliphatic rings. The number of aromatic amines is 1. The minimum absolute atomic E-state index is 0.0109. The number of hydrogen-bond acceptors (Lipinski definition) is 3. The quantitative estimate of drug-likeness (QED) is 0.514. The molecule has 0 spiro atoms. The predicted molar refractivity (Wildman–Crippen MR) is 109 cm³/mol. The summed E-state index contributed by atoms with van der Waals surface area (Å²) in [6.45, 7) is 0.488. The molecular weight excluding hydrogens is 340 g/mol. The Balaban J connectivity index is 1.76. The van der Waals surface area contributed by atoms with Crippen molar-refractivity contribution in [2.75, 3.05) is 6.54 Å². The minimum atomic E-state index is -0.109. The zero-order valence-corrected chi connectivity index (χ0v) is 15.6. The number of nitrogens with zero attached hydrogens (tertiary/aromatic N) is 1. The van der Waals surface area contributed by atoms with E-state index < -0.39 is 0 Å². The van der Waals surface area contributed by atoms with E-state index in [-0.39, 0.29) is 23.2 Å². The molecule has 1 atom stereocenters. The van der Waals surface area contributed by atoms with Crippen LogP contribution in [0.25, 0.3) is 10.8 Å². The van der Waals surface area contributed by atoms with Crippen LogP contribution in [0.1, 0.15) is 44.1 Å². The first-order valence-corrected chi connectivity index (χ1v) is 9.73. The summed E-state index contributed by atoms with van der Waals surface area (Å²) < 4.78 is 0. The Labute approximate surface area is 159 Å². The van der Waals surface area contributed by atoms with Gasteiger partial charge in [0.05, 0.1) is 0 Å². The van der Waals surface area contributed by atoms with Crippen molar-refractivity contribution in [3.8, 4) is 0 Å². The van der Waals surface area contributed by atoms with Gasteiger partial charge in [0, 0.05) is 30.5 Å². The average molecular weight is 368 g/mol. The zero-order valence-electron chi connectivity index (χ0n) is 15.6. The van der Waals surface area contributed by atoms with Crippen LogP contribution in [0.15, 0.2) is 40.2 Å². The lowest BCUT2D eigenvalue weighted by Crippen LogP contribution is -2.29. The van der Waals surface area contributed by atoms with E-state index in [1.807, 2.05) is 18.2 Å². The van der Waals surface area contributed by atoms with Gasteiger partial charge in [-0.1, -0.05) is 31.4 Å². The molecule has 144 valence electrons. The molecule has 0 bridgehead atoms. The largest absolute Gasteiger partial charge is 0.370 e. The lowest BCUT2D eigenvalue weighted by atomic mass is 9.75. The number of pyridine rings is 1. The summed E-state index contributed by atoms with van der Waals surface area (Å²) in [4.78, 5) is 31.7. The number of nitrogens with two attached hydrogens (primary N) is 2. The van der Waals surface area contributed by atoms with Gasteiger partial charge in [0.1, 0.15) is 5.78 Å². The fraction of sp³-hybridized carbons (Fsp3) is 0.476. The van der Waals surface area contributed by atoms with Crippen molar-refractivity contribution < 1.29 is 4.79 Å². The number of rotatable bonds is 7. The van der Waals surface area contributed by atoms with Crippen LogP contribution in [0.4, 0.5) is 0 Å². The first-order chi connectivity index (χ1) is 13.0. The number of benzene rings is 1. The Morgan fingerprint density at radius 1 is 1.19 bits per heavy atom. The number of guanidine groups is 1. The third-order valence-electron chi connectivity index (χ3n) is 5.58. The van der Waals surface area contributed by atoms with Crippen LogP contribution < -0.4 is 17.0 Å². The van der Waals surface area contributed by atoms with Gasteiger partial charge in [-0.25, -0.2) is 0 Å². The maximum Gasteiger partial charge on any atom is 0.255 e. The Kier molecular flexibility index (Phi) is 6.27.